The third-order valence-corrected chi connectivity index (χ3v) is 4.91. The van der Waals surface area contributed by atoms with E-state index >= 15 is 0 Å². The summed E-state index contributed by atoms with van der Waals surface area (Å²) in [6, 6.07) is 14.0. The quantitative estimate of drug-likeness (QED) is 0.730. The lowest BCUT2D eigenvalue weighted by molar-refractivity contribution is 0.0342. The second-order valence-corrected chi connectivity index (χ2v) is 7.04. The van der Waals surface area contributed by atoms with Crippen LogP contribution in [0.25, 0.3) is 22.0 Å². The lowest BCUT2D eigenvalue weighted by Crippen LogP contribution is -2.46. The number of fused-ring (bicyclic) bond motifs is 1. The highest BCUT2D eigenvalue weighted by Crippen LogP contribution is 2.24. The number of rotatable bonds is 5. The van der Waals surface area contributed by atoms with E-state index < -0.39 is 0 Å². The summed E-state index contributed by atoms with van der Waals surface area (Å²) in [6.07, 6.45) is 1.80. The van der Waals surface area contributed by atoms with Gasteiger partial charge in [0, 0.05) is 36.6 Å². The first-order valence-corrected chi connectivity index (χ1v) is 9.33. The van der Waals surface area contributed by atoms with Gasteiger partial charge in [0.1, 0.15) is 0 Å². The van der Waals surface area contributed by atoms with Crippen molar-refractivity contribution < 1.29 is 9.53 Å². The molecule has 2 aromatic carbocycles. The van der Waals surface area contributed by atoms with E-state index in [0.29, 0.717) is 5.56 Å². The maximum Gasteiger partial charge on any atom is 0.251 e. The van der Waals surface area contributed by atoms with Gasteiger partial charge in [-0.25, -0.2) is 0 Å². The molecule has 27 heavy (non-hydrogen) atoms. The van der Waals surface area contributed by atoms with E-state index in [0.717, 1.165) is 54.9 Å². The fourth-order valence-corrected chi connectivity index (χ4v) is 3.48. The van der Waals surface area contributed by atoms with Gasteiger partial charge in [0.2, 0.25) is 0 Å². The van der Waals surface area contributed by atoms with Crippen LogP contribution in [0.2, 0.25) is 0 Å². The van der Waals surface area contributed by atoms with Crippen LogP contribution < -0.4 is 5.32 Å². The summed E-state index contributed by atoms with van der Waals surface area (Å²) in [5.41, 5.74) is 3.73. The zero-order chi connectivity index (χ0) is 18.6. The molecular weight excluding hydrogens is 340 g/mol. The first-order valence-electron chi connectivity index (χ1n) is 9.33. The Hall–Kier alpha value is -2.70. The number of carbonyl (C=O) groups is 1. The Morgan fingerprint density at radius 3 is 2.89 bits per heavy atom. The zero-order valence-electron chi connectivity index (χ0n) is 15.4. The maximum atomic E-state index is 12.7. The predicted molar refractivity (Wildman–Crippen MR) is 106 cm³/mol. The van der Waals surface area contributed by atoms with Crippen molar-refractivity contribution >= 4 is 16.8 Å². The molecule has 6 nitrogen and oxygen atoms in total. The largest absolute Gasteiger partial charge is 0.379 e. The Morgan fingerprint density at radius 1 is 1.22 bits per heavy atom. The predicted octanol–water partition coefficient (Wildman–Crippen LogP) is 2.68. The number of nitrogens with zero attached hydrogens (tertiary/aromatic N) is 2. The average molecular weight is 364 g/mol. The number of aromatic nitrogens is 2. The molecule has 1 fully saturated rings. The molecule has 1 aliphatic heterocycles. The van der Waals surface area contributed by atoms with Crippen molar-refractivity contribution in [3.63, 3.8) is 0 Å². The number of ether oxygens (including phenoxy) is 1. The SMILES string of the molecule is C[C@H](CN1CCOCC1)NC(=O)c1cccc(-c2ccc3cn[nH]c3c2)c1. The second kappa shape index (κ2) is 7.90. The molecular formula is C21H24N4O2. The molecule has 6 heteroatoms. The van der Waals surface area contributed by atoms with E-state index in [-0.39, 0.29) is 11.9 Å². The molecule has 4 rings (SSSR count). The Balaban J connectivity index is 1.45. The minimum absolute atomic E-state index is 0.0415. The fourth-order valence-electron chi connectivity index (χ4n) is 3.48. The smallest absolute Gasteiger partial charge is 0.251 e. The van der Waals surface area contributed by atoms with Crippen LogP contribution in [0.4, 0.5) is 0 Å². The normalized spacial score (nSPS) is 16.3. The van der Waals surface area contributed by atoms with Crippen molar-refractivity contribution in [2.24, 2.45) is 0 Å². The average Bonchev–Trinajstić information content (AvgIpc) is 3.16. The molecule has 0 spiro atoms. The Bertz CT molecular complexity index is 931. The molecule has 1 saturated heterocycles. The number of aromatic amines is 1. The Kier molecular flexibility index (Phi) is 5.18. The van der Waals surface area contributed by atoms with Crippen molar-refractivity contribution in [2.75, 3.05) is 32.8 Å². The van der Waals surface area contributed by atoms with Gasteiger partial charge in [0.25, 0.3) is 5.91 Å². The molecule has 0 bridgehead atoms. The monoisotopic (exact) mass is 364 g/mol. The minimum atomic E-state index is -0.0415. The van der Waals surface area contributed by atoms with Crippen LogP contribution in [0.5, 0.6) is 0 Å². The van der Waals surface area contributed by atoms with Crippen LogP contribution in [0.3, 0.4) is 0 Å². The summed E-state index contributed by atoms with van der Waals surface area (Å²) in [4.78, 5) is 15.0. The molecule has 1 atom stereocenters. The van der Waals surface area contributed by atoms with Gasteiger partial charge in [-0.15, -0.1) is 0 Å². The van der Waals surface area contributed by atoms with Crippen LogP contribution in [-0.4, -0.2) is 59.9 Å². The number of H-pyrrole nitrogens is 1. The number of benzene rings is 2. The molecule has 0 unspecified atom stereocenters. The molecule has 140 valence electrons. The first kappa shape index (κ1) is 17.7. The third kappa shape index (κ3) is 4.18. The van der Waals surface area contributed by atoms with Gasteiger partial charge in [-0.05, 0) is 36.2 Å². The van der Waals surface area contributed by atoms with Gasteiger partial charge in [-0.1, -0.05) is 24.3 Å². The van der Waals surface area contributed by atoms with E-state index in [1.54, 1.807) is 6.20 Å². The van der Waals surface area contributed by atoms with Crippen molar-refractivity contribution in [1.29, 1.82) is 0 Å². The lowest BCUT2D eigenvalue weighted by atomic mass is 10.0. The van der Waals surface area contributed by atoms with Crippen LogP contribution in [-0.2, 0) is 4.74 Å². The number of amides is 1. The Labute approximate surface area is 158 Å². The summed E-state index contributed by atoms with van der Waals surface area (Å²) >= 11 is 0. The van der Waals surface area contributed by atoms with Crippen molar-refractivity contribution in [2.45, 2.75) is 13.0 Å². The number of hydrogen-bond donors (Lipinski definition) is 2. The summed E-state index contributed by atoms with van der Waals surface area (Å²) in [7, 11) is 0. The molecule has 0 saturated carbocycles. The van der Waals surface area contributed by atoms with Gasteiger partial charge in [-0.2, -0.15) is 5.10 Å². The van der Waals surface area contributed by atoms with Gasteiger partial charge in [0.15, 0.2) is 0 Å². The number of hydrogen-bond acceptors (Lipinski definition) is 4. The molecule has 2 N–H and O–H groups in total. The van der Waals surface area contributed by atoms with Crippen molar-refractivity contribution in [3.05, 3.63) is 54.2 Å². The standard InChI is InChI=1S/C21H24N4O2/c1-15(14-25-7-9-27-10-8-25)23-21(26)18-4-2-3-16(11-18)17-5-6-19-13-22-24-20(19)12-17/h2-6,11-13,15H,7-10,14H2,1H3,(H,22,24)(H,23,26)/t15-/m1/s1. The summed E-state index contributed by atoms with van der Waals surface area (Å²) in [5, 5.41) is 11.2. The molecule has 3 aromatic rings. The van der Waals surface area contributed by atoms with E-state index in [2.05, 4.69) is 32.5 Å². The van der Waals surface area contributed by atoms with Crippen LogP contribution in [0, 0.1) is 0 Å². The minimum Gasteiger partial charge on any atom is -0.379 e. The molecule has 2 heterocycles. The number of morpholine rings is 1. The van der Waals surface area contributed by atoms with Gasteiger partial charge in [0.05, 0.1) is 24.9 Å². The van der Waals surface area contributed by atoms with Crippen molar-refractivity contribution in [1.82, 2.24) is 20.4 Å². The first-order chi connectivity index (χ1) is 13.2. The highest BCUT2D eigenvalue weighted by Gasteiger charge is 2.16. The summed E-state index contributed by atoms with van der Waals surface area (Å²) in [6.45, 7) is 6.26. The zero-order valence-corrected chi connectivity index (χ0v) is 15.4. The molecule has 1 aromatic heterocycles. The van der Waals surface area contributed by atoms with Crippen LogP contribution in [0.1, 0.15) is 17.3 Å². The Morgan fingerprint density at radius 2 is 2.04 bits per heavy atom. The summed E-state index contributed by atoms with van der Waals surface area (Å²) < 4.78 is 5.37. The highest BCUT2D eigenvalue weighted by atomic mass is 16.5. The fraction of sp³-hybridized carbons (Fsp3) is 0.333. The highest BCUT2D eigenvalue weighted by molar-refractivity contribution is 5.96. The lowest BCUT2D eigenvalue weighted by Gasteiger charge is -2.29. The van der Waals surface area contributed by atoms with Gasteiger partial charge in [-0.3, -0.25) is 14.8 Å². The topological polar surface area (TPSA) is 70.2 Å². The molecule has 0 aliphatic carbocycles. The van der Waals surface area contributed by atoms with E-state index in [9.17, 15) is 4.79 Å². The molecule has 0 radical (unpaired) electrons. The maximum absolute atomic E-state index is 12.7. The molecule has 1 amide bonds. The van der Waals surface area contributed by atoms with Crippen molar-refractivity contribution in [3.8, 4) is 11.1 Å². The van der Waals surface area contributed by atoms with Crippen LogP contribution >= 0.6 is 0 Å². The summed E-state index contributed by atoms with van der Waals surface area (Å²) in [5.74, 6) is -0.0415. The van der Waals surface area contributed by atoms with E-state index in [1.807, 2.05) is 37.3 Å². The van der Waals surface area contributed by atoms with E-state index in [1.165, 1.54) is 0 Å². The number of carbonyl (C=O) groups excluding carboxylic acids is 1. The second-order valence-electron chi connectivity index (χ2n) is 7.04. The van der Waals surface area contributed by atoms with E-state index in [4.69, 9.17) is 4.74 Å². The molecule has 1 aliphatic rings. The van der Waals surface area contributed by atoms with Gasteiger partial charge < -0.3 is 10.1 Å². The van der Waals surface area contributed by atoms with Crippen LogP contribution in [0.15, 0.2) is 48.7 Å². The third-order valence-electron chi connectivity index (χ3n) is 4.91. The van der Waals surface area contributed by atoms with Gasteiger partial charge >= 0.3 is 0 Å². The number of nitrogens with one attached hydrogen (secondary N) is 2.